The molecule has 0 saturated heterocycles. The van der Waals surface area contributed by atoms with Crippen LogP contribution in [0.5, 0.6) is 5.75 Å². The number of nitrogens with two attached hydrogens (primary N) is 1. The van der Waals surface area contributed by atoms with Crippen LogP contribution in [0.3, 0.4) is 0 Å². The number of aromatic nitrogens is 1. The van der Waals surface area contributed by atoms with E-state index in [1.54, 1.807) is 0 Å². The molecule has 0 radical (unpaired) electrons. The highest BCUT2D eigenvalue weighted by atomic mass is 16.5. The van der Waals surface area contributed by atoms with Crippen LogP contribution >= 0.6 is 0 Å². The molecule has 0 bridgehead atoms. The normalized spacial score (nSPS) is 10.2. The number of para-hydroxylation sites is 1. The summed E-state index contributed by atoms with van der Waals surface area (Å²) in [7, 11) is 0. The van der Waals surface area contributed by atoms with Crippen molar-refractivity contribution >= 4 is 11.6 Å². The second kappa shape index (κ2) is 7.40. The van der Waals surface area contributed by atoms with Crippen LogP contribution in [0.2, 0.25) is 0 Å². The lowest BCUT2D eigenvalue weighted by Crippen LogP contribution is -2.21. The number of nitrogens with one attached hydrogen (secondary N) is 1. The molecule has 1 aromatic carbocycles. The van der Waals surface area contributed by atoms with Gasteiger partial charge in [-0.3, -0.25) is 9.78 Å². The minimum atomic E-state index is -0.208. The van der Waals surface area contributed by atoms with Crippen molar-refractivity contribution < 1.29 is 9.53 Å². The first-order chi connectivity index (χ1) is 10.2. The van der Waals surface area contributed by atoms with Gasteiger partial charge in [0.1, 0.15) is 5.75 Å². The standard InChI is InChI=1S/C16H19N3O2/c1-12-7-8-15(14(18-12)9-10-17)21-11-16(20)19-13-5-3-2-4-6-13/h2-8H,9-11,17H2,1H3,(H,19,20). The molecular weight excluding hydrogens is 266 g/mol. The van der Waals surface area contributed by atoms with Gasteiger partial charge in [0, 0.05) is 17.8 Å². The molecule has 0 aliphatic heterocycles. The Labute approximate surface area is 124 Å². The molecule has 0 atom stereocenters. The second-order valence-electron chi connectivity index (χ2n) is 4.64. The molecule has 1 amide bonds. The number of aryl methyl sites for hydroxylation is 1. The van der Waals surface area contributed by atoms with E-state index in [-0.39, 0.29) is 12.5 Å². The molecule has 0 spiro atoms. The number of ether oxygens (including phenoxy) is 1. The highest BCUT2D eigenvalue weighted by Crippen LogP contribution is 2.17. The smallest absolute Gasteiger partial charge is 0.262 e. The topological polar surface area (TPSA) is 77.2 Å². The largest absolute Gasteiger partial charge is 0.482 e. The van der Waals surface area contributed by atoms with E-state index in [2.05, 4.69) is 10.3 Å². The molecule has 0 saturated carbocycles. The van der Waals surface area contributed by atoms with Crippen LogP contribution in [0, 0.1) is 6.92 Å². The fraction of sp³-hybridized carbons (Fsp3) is 0.250. The van der Waals surface area contributed by atoms with Crippen LogP contribution in [-0.4, -0.2) is 24.0 Å². The van der Waals surface area contributed by atoms with Gasteiger partial charge in [-0.1, -0.05) is 18.2 Å². The van der Waals surface area contributed by atoms with Gasteiger partial charge < -0.3 is 15.8 Å². The highest BCUT2D eigenvalue weighted by Gasteiger charge is 2.08. The summed E-state index contributed by atoms with van der Waals surface area (Å²) in [6.07, 6.45) is 0.622. The number of rotatable bonds is 6. The van der Waals surface area contributed by atoms with Gasteiger partial charge in [-0.2, -0.15) is 0 Å². The zero-order valence-electron chi connectivity index (χ0n) is 12.0. The van der Waals surface area contributed by atoms with Gasteiger partial charge in [0.15, 0.2) is 6.61 Å². The van der Waals surface area contributed by atoms with E-state index >= 15 is 0 Å². The number of nitrogens with zero attached hydrogens (tertiary/aromatic N) is 1. The van der Waals surface area contributed by atoms with Gasteiger partial charge in [-0.25, -0.2) is 0 Å². The van der Waals surface area contributed by atoms with Gasteiger partial charge in [-0.15, -0.1) is 0 Å². The second-order valence-corrected chi connectivity index (χ2v) is 4.64. The summed E-state index contributed by atoms with van der Waals surface area (Å²) in [5, 5.41) is 2.77. The summed E-state index contributed by atoms with van der Waals surface area (Å²) in [5.41, 5.74) is 7.99. The maximum Gasteiger partial charge on any atom is 0.262 e. The Morgan fingerprint density at radius 3 is 2.71 bits per heavy atom. The minimum absolute atomic E-state index is 0.0583. The van der Waals surface area contributed by atoms with Crippen LogP contribution in [-0.2, 0) is 11.2 Å². The lowest BCUT2D eigenvalue weighted by Gasteiger charge is -2.11. The third-order valence-electron chi connectivity index (χ3n) is 2.87. The maximum atomic E-state index is 11.8. The Bertz CT molecular complexity index is 600. The fourth-order valence-corrected chi connectivity index (χ4v) is 1.91. The third kappa shape index (κ3) is 4.57. The van der Waals surface area contributed by atoms with Crippen molar-refractivity contribution in [3.05, 3.63) is 53.9 Å². The van der Waals surface area contributed by atoms with Gasteiger partial charge >= 0.3 is 0 Å². The van der Waals surface area contributed by atoms with E-state index in [4.69, 9.17) is 10.5 Å². The van der Waals surface area contributed by atoms with E-state index < -0.39 is 0 Å². The van der Waals surface area contributed by atoms with Crippen molar-refractivity contribution in [2.24, 2.45) is 5.73 Å². The monoisotopic (exact) mass is 285 g/mol. The Morgan fingerprint density at radius 1 is 1.24 bits per heavy atom. The lowest BCUT2D eigenvalue weighted by molar-refractivity contribution is -0.118. The highest BCUT2D eigenvalue weighted by molar-refractivity contribution is 5.91. The molecule has 2 rings (SSSR count). The van der Waals surface area contributed by atoms with E-state index in [0.29, 0.717) is 18.7 Å². The van der Waals surface area contributed by atoms with Crippen molar-refractivity contribution in [2.75, 3.05) is 18.5 Å². The maximum absolute atomic E-state index is 11.8. The molecular formula is C16H19N3O2. The average Bonchev–Trinajstić information content (AvgIpc) is 2.48. The number of pyridine rings is 1. The minimum Gasteiger partial charge on any atom is -0.482 e. The average molecular weight is 285 g/mol. The number of hydrogen-bond acceptors (Lipinski definition) is 4. The third-order valence-corrected chi connectivity index (χ3v) is 2.87. The van der Waals surface area contributed by atoms with Crippen molar-refractivity contribution in [3.8, 4) is 5.75 Å². The van der Waals surface area contributed by atoms with E-state index in [9.17, 15) is 4.79 Å². The number of amides is 1. The summed E-state index contributed by atoms with van der Waals surface area (Å²) in [5.74, 6) is 0.398. The number of carbonyl (C=O) groups excluding carboxylic acids is 1. The van der Waals surface area contributed by atoms with E-state index in [1.807, 2.05) is 49.4 Å². The van der Waals surface area contributed by atoms with Gasteiger partial charge in [-0.05, 0) is 37.7 Å². The Hall–Kier alpha value is -2.40. The van der Waals surface area contributed by atoms with Gasteiger partial charge in [0.2, 0.25) is 0 Å². The molecule has 2 aromatic rings. The number of anilines is 1. The lowest BCUT2D eigenvalue weighted by atomic mass is 10.2. The first-order valence-electron chi connectivity index (χ1n) is 6.83. The molecule has 5 nitrogen and oxygen atoms in total. The van der Waals surface area contributed by atoms with Crippen LogP contribution in [0.1, 0.15) is 11.4 Å². The first-order valence-corrected chi connectivity index (χ1v) is 6.83. The predicted octanol–water partition coefficient (Wildman–Crippen LogP) is 1.91. The predicted molar refractivity (Wildman–Crippen MR) is 82.3 cm³/mol. The summed E-state index contributed by atoms with van der Waals surface area (Å²) in [6.45, 7) is 2.34. The van der Waals surface area contributed by atoms with E-state index in [0.717, 1.165) is 17.1 Å². The summed E-state index contributed by atoms with van der Waals surface area (Å²) >= 11 is 0. The van der Waals surface area contributed by atoms with Crippen LogP contribution in [0.15, 0.2) is 42.5 Å². The number of hydrogen-bond donors (Lipinski definition) is 2. The van der Waals surface area contributed by atoms with Crippen LogP contribution in [0.4, 0.5) is 5.69 Å². The molecule has 0 fully saturated rings. The fourth-order valence-electron chi connectivity index (χ4n) is 1.91. The number of carbonyl (C=O) groups is 1. The van der Waals surface area contributed by atoms with Gasteiger partial charge in [0.05, 0.1) is 5.69 Å². The van der Waals surface area contributed by atoms with Crippen molar-refractivity contribution in [1.29, 1.82) is 0 Å². The van der Waals surface area contributed by atoms with E-state index in [1.165, 1.54) is 0 Å². The SMILES string of the molecule is Cc1ccc(OCC(=O)Nc2ccccc2)c(CCN)n1. The molecule has 5 heteroatoms. The number of benzene rings is 1. The molecule has 0 unspecified atom stereocenters. The summed E-state index contributed by atoms with van der Waals surface area (Å²) < 4.78 is 5.55. The zero-order valence-corrected chi connectivity index (χ0v) is 12.0. The molecule has 3 N–H and O–H groups in total. The van der Waals surface area contributed by atoms with Crippen LogP contribution in [0.25, 0.3) is 0 Å². The summed E-state index contributed by atoms with van der Waals surface area (Å²) in [6, 6.07) is 12.9. The molecule has 1 heterocycles. The van der Waals surface area contributed by atoms with Crippen molar-refractivity contribution in [2.45, 2.75) is 13.3 Å². The van der Waals surface area contributed by atoms with Crippen molar-refractivity contribution in [3.63, 3.8) is 0 Å². The van der Waals surface area contributed by atoms with Crippen LogP contribution < -0.4 is 15.8 Å². The molecule has 110 valence electrons. The first kappa shape index (κ1) is 15.0. The Balaban J connectivity index is 1.95. The molecule has 0 aliphatic carbocycles. The Morgan fingerprint density at radius 2 is 2.00 bits per heavy atom. The molecule has 1 aromatic heterocycles. The quantitative estimate of drug-likeness (QED) is 0.850. The molecule has 0 aliphatic rings. The molecule has 21 heavy (non-hydrogen) atoms. The van der Waals surface area contributed by atoms with Crippen molar-refractivity contribution in [1.82, 2.24) is 4.98 Å². The van der Waals surface area contributed by atoms with Gasteiger partial charge in [0.25, 0.3) is 5.91 Å². The summed E-state index contributed by atoms with van der Waals surface area (Å²) in [4.78, 5) is 16.2. The zero-order chi connectivity index (χ0) is 15.1. The Kier molecular flexibility index (Phi) is 5.29.